The first-order chi connectivity index (χ1) is 10.9. The fraction of sp³-hybridized carbons (Fsp3) is 0.375. The van der Waals surface area contributed by atoms with Crippen molar-refractivity contribution in [1.29, 1.82) is 0 Å². The van der Waals surface area contributed by atoms with Gasteiger partial charge in [-0.2, -0.15) is 5.10 Å². The van der Waals surface area contributed by atoms with Crippen LogP contribution in [0.1, 0.15) is 28.8 Å². The van der Waals surface area contributed by atoms with Crippen molar-refractivity contribution in [2.75, 3.05) is 21.2 Å². The van der Waals surface area contributed by atoms with Crippen LogP contribution in [0.25, 0.3) is 0 Å². The fourth-order valence-electron chi connectivity index (χ4n) is 2.25. The van der Waals surface area contributed by atoms with Gasteiger partial charge in [0.15, 0.2) is 0 Å². The highest BCUT2D eigenvalue weighted by atomic mass is 16.5. The number of hydrogen-bond acceptors (Lipinski definition) is 5. The Bertz CT molecular complexity index is 652. The SMILES string of the molecule is COC(=O)c1ccc(CN(C)C(=O)C2=NN(C)C(=O)CC2)cc1. The Kier molecular flexibility index (Phi) is 5.10. The van der Waals surface area contributed by atoms with E-state index in [0.717, 1.165) is 5.56 Å². The highest BCUT2D eigenvalue weighted by molar-refractivity contribution is 6.39. The Morgan fingerprint density at radius 2 is 1.91 bits per heavy atom. The Hall–Kier alpha value is -2.70. The summed E-state index contributed by atoms with van der Waals surface area (Å²) in [4.78, 5) is 36.7. The van der Waals surface area contributed by atoms with E-state index >= 15 is 0 Å². The molecule has 0 saturated carbocycles. The lowest BCUT2D eigenvalue weighted by molar-refractivity contribution is -0.130. The van der Waals surface area contributed by atoms with Crippen LogP contribution in [0.4, 0.5) is 0 Å². The van der Waals surface area contributed by atoms with Gasteiger partial charge in [0.25, 0.3) is 5.91 Å². The number of carbonyl (C=O) groups excluding carboxylic acids is 3. The molecule has 0 spiro atoms. The Morgan fingerprint density at radius 3 is 2.48 bits per heavy atom. The number of hydrazone groups is 1. The van der Waals surface area contributed by atoms with Crippen molar-refractivity contribution in [1.82, 2.24) is 9.91 Å². The molecule has 7 heteroatoms. The molecule has 0 fully saturated rings. The zero-order valence-electron chi connectivity index (χ0n) is 13.4. The molecule has 1 aliphatic heterocycles. The van der Waals surface area contributed by atoms with E-state index in [0.29, 0.717) is 30.7 Å². The Labute approximate surface area is 134 Å². The molecule has 0 radical (unpaired) electrons. The maximum absolute atomic E-state index is 12.4. The molecule has 1 aromatic rings. The summed E-state index contributed by atoms with van der Waals surface area (Å²) in [7, 11) is 4.55. The largest absolute Gasteiger partial charge is 0.465 e. The van der Waals surface area contributed by atoms with Gasteiger partial charge in [0, 0.05) is 33.5 Å². The van der Waals surface area contributed by atoms with Crippen LogP contribution in [0.15, 0.2) is 29.4 Å². The lowest BCUT2D eigenvalue weighted by Crippen LogP contribution is -2.38. The molecule has 7 nitrogen and oxygen atoms in total. The number of methoxy groups -OCH3 is 1. The summed E-state index contributed by atoms with van der Waals surface area (Å²) in [5.41, 5.74) is 1.72. The molecule has 2 rings (SSSR count). The zero-order chi connectivity index (χ0) is 17.0. The number of amides is 2. The van der Waals surface area contributed by atoms with Gasteiger partial charge < -0.3 is 9.64 Å². The van der Waals surface area contributed by atoms with Crippen molar-refractivity contribution in [3.8, 4) is 0 Å². The van der Waals surface area contributed by atoms with Crippen LogP contribution < -0.4 is 0 Å². The van der Waals surface area contributed by atoms with Crippen molar-refractivity contribution in [3.63, 3.8) is 0 Å². The first kappa shape index (κ1) is 16.7. The monoisotopic (exact) mass is 317 g/mol. The molecule has 23 heavy (non-hydrogen) atoms. The molecule has 122 valence electrons. The standard InChI is InChI=1S/C16H19N3O4/c1-18(15(21)13-8-9-14(20)19(2)17-13)10-11-4-6-12(7-5-11)16(22)23-3/h4-7H,8-10H2,1-3H3. The summed E-state index contributed by atoms with van der Waals surface area (Å²) in [6.45, 7) is 0.386. The molecular weight excluding hydrogens is 298 g/mol. The van der Waals surface area contributed by atoms with Crippen molar-refractivity contribution >= 4 is 23.5 Å². The summed E-state index contributed by atoms with van der Waals surface area (Å²) in [6, 6.07) is 6.86. The summed E-state index contributed by atoms with van der Waals surface area (Å²) in [5, 5.41) is 5.23. The molecule has 0 bridgehead atoms. The van der Waals surface area contributed by atoms with Gasteiger partial charge in [0.2, 0.25) is 5.91 Å². The highest BCUT2D eigenvalue weighted by Crippen LogP contribution is 2.12. The van der Waals surface area contributed by atoms with Gasteiger partial charge in [0.05, 0.1) is 12.7 Å². The molecule has 0 saturated heterocycles. The molecule has 1 aliphatic rings. The van der Waals surface area contributed by atoms with Gasteiger partial charge in [-0.3, -0.25) is 9.59 Å². The number of benzene rings is 1. The number of esters is 1. The van der Waals surface area contributed by atoms with Crippen molar-refractivity contribution < 1.29 is 19.1 Å². The predicted molar refractivity (Wildman–Crippen MR) is 83.7 cm³/mol. The van der Waals surface area contributed by atoms with Gasteiger partial charge in [-0.25, -0.2) is 9.80 Å². The lowest BCUT2D eigenvalue weighted by atomic mass is 10.1. The summed E-state index contributed by atoms with van der Waals surface area (Å²) < 4.78 is 4.64. The average molecular weight is 317 g/mol. The number of hydrogen-bond donors (Lipinski definition) is 0. The second kappa shape index (κ2) is 7.04. The van der Waals surface area contributed by atoms with E-state index in [1.54, 1.807) is 38.4 Å². The molecule has 0 aromatic heterocycles. The van der Waals surface area contributed by atoms with E-state index in [1.165, 1.54) is 17.0 Å². The normalized spacial score (nSPS) is 14.3. The van der Waals surface area contributed by atoms with Crippen molar-refractivity contribution in [2.45, 2.75) is 19.4 Å². The molecule has 1 aromatic carbocycles. The van der Waals surface area contributed by atoms with Gasteiger partial charge in [-0.1, -0.05) is 12.1 Å². The third-order valence-electron chi connectivity index (χ3n) is 3.60. The Morgan fingerprint density at radius 1 is 1.26 bits per heavy atom. The summed E-state index contributed by atoms with van der Waals surface area (Å²) in [6.07, 6.45) is 0.649. The minimum atomic E-state index is -0.398. The van der Waals surface area contributed by atoms with Crippen LogP contribution in [-0.2, 0) is 20.9 Å². The van der Waals surface area contributed by atoms with Crippen LogP contribution >= 0.6 is 0 Å². The van der Waals surface area contributed by atoms with Gasteiger partial charge in [-0.15, -0.1) is 0 Å². The minimum absolute atomic E-state index is 0.0948. The van der Waals surface area contributed by atoms with E-state index in [4.69, 9.17) is 0 Å². The van der Waals surface area contributed by atoms with E-state index in [2.05, 4.69) is 9.84 Å². The molecule has 0 N–H and O–H groups in total. The molecule has 1 heterocycles. The molecule has 2 amide bonds. The quantitative estimate of drug-likeness (QED) is 0.777. The minimum Gasteiger partial charge on any atom is -0.465 e. The molecule has 0 unspecified atom stereocenters. The highest BCUT2D eigenvalue weighted by Gasteiger charge is 2.24. The van der Waals surface area contributed by atoms with Gasteiger partial charge in [0.1, 0.15) is 5.71 Å². The Balaban J connectivity index is 2.02. The molecular formula is C16H19N3O4. The van der Waals surface area contributed by atoms with Crippen LogP contribution in [0, 0.1) is 0 Å². The second-order valence-electron chi connectivity index (χ2n) is 5.31. The molecule has 0 aliphatic carbocycles. The van der Waals surface area contributed by atoms with E-state index in [1.807, 2.05) is 0 Å². The van der Waals surface area contributed by atoms with Gasteiger partial charge >= 0.3 is 5.97 Å². The smallest absolute Gasteiger partial charge is 0.337 e. The van der Waals surface area contributed by atoms with E-state index in [9.17, 15) is 14.4 Å². The third kappa shape index (κ3) is 3.94. The van der Waals surface area contributed by atoms with Crippen LogP contribution in [0.2, 0.25) is 0 Å². The second-order valence-corrected chi connectivity index (χ2v) is 5.31. The summed E-state index contributed by atoms with van der Waals surface area (Å²) >= 11 is 0. The lowest BCUT2D eigenvalue weighted by Gasteiger charge is -2.23. The zero-order valence-corrected chi connectivity index (χ0v) is 13.4. The topological polar surface area (TPSA) is 79.3 Å². The van der Waals surface area contributed by atoms with Crippen LogP contribution in [0.3, 0.4) is 0 Å². The number of nitrogens with zero attached hydrogens (tertiary/aromatic N) is 3. The average Bonchev–Trinajstić information content (AvgIpc) is 2.56. The maximum Gasteiger partial charge on any atom is 0.337 e. The maximum atomic E-state index is 12.4. The number of carbonyl (C=O) groups is 3. The first-order valence-electron chi connectivity index (χ1n) is 7.19. The molecule has 0 atom stereocenters. The van der Waals surface area contributed by atoms with Crippen LogP contribution in [-0.4, -0.2) is 54.6 Å². The number of ether oxygens (including phenoxy) is 1. The van der Waals surface area contributed by atoms with E-state index in [-0.39, 0.29) is 11.8 Å². The third-order valence-corrected chi connectivity index (χ3v) is 3.60. The predicted octanol–water partition coefficient (Wildman–Crippen LogP) is 1.04. The van der Waals surface area contributed by atoms with Crippen molar-refractivity contribution in [2.24, 2.45) is 5.10 Å². The van der Waals surface area contributed by atoms with Crippen LogP contribution in [0.5, 0.6) is 0 Å². The van der Waals surface area contributed by atoms with E-state index < -0.39 is 5.97 Å². The summed E-state index contributed by atoms with van der Waals surface area (Å²) in [5.74, 6) is -0.700. The fourth-order valence-corrected chi connectivity index (χ4v) is 2.25. The number of rotatable bonds is 4. The van der Waals surface area contributed by atoms with Crippen molar-refractivity contribution in [3.05, 3.63) is 35.4 Å². The van der Waals surface area contributed by atoms with Gasteiger partial charge in [-0.05, 0) is 17.7 Å². The first-order valence-corrected chi connectivity index (χ1v) is 7.19.